The van der Waals surface area contributed by atoms with Gasteiger partial charge >= 0.3 is 0 Å². The lowest BCUT2D eigenvalue weighted by Gasteiger charge is -2.13. The van der Waals surface area contributed by atoms with Gasteiger partial charge in [0.2, 0.25) is 0 Å². The van der Waals surface area contributed by atoms with Gasteiger partial charge in [-0.05, 0) is 153 Å². The van der Waals surface area contributed by atoms with E-state index in [1.807, 2.05) is 255 Å². The van der Waals surface area contributed by atoms with Crippen molar-refractivity contribution in [1.29, 1.82) is 15.8 Å². The van der Waals surface area contributed by atoms with Crippen molar-refractivity contribution in [3.05, 3.63) is 478 Å². The molecular weight excluding hydrogens is 1610 g/mol. The van der Waals surface area contributed by atoms with E-state index in [4.69, 9.17) is 50.1 Å². The summed E-state index contributed by atoms with van der Waals surface area (Å²) in [6.45, 7) is 0. The Hall–Kier alpha value is -18.5. The number of nitrogens with zero attached hydrogens (tertiary/aromatic N) is 12. The fourth-order valence-corrected chi connectivity index (χ4v) is 16.7. The molecule has 0 fully saturated rings. The molecule has 0 bridgehead atoms. The molecule has 0 saturated heterocycles. The normalized spacial score (nSPS) is 10.9. The number of hydrogen-bond donors (Lipinski definition) is 0. The van der Waals surface area contributed by atoms with Crippen LogP contribution in [0.25, 0.3) is 213 Å². The molecule has 3 heterocycles. The minimum atomic E-state index is 0.628. The van der Waals surface area contributed by atoms with E-state index in [2.05, 4.69) is 224 Å². The van der Waals surface area contributed by atoms with Crippen LogP contribution in [0.3, 0.4) is 0 Å². The summed E-state index contributed by atoms with van der Waals surface area (Å²) in [7, 11) is 0. The highest BCUT2D eigenvalue weighted by Crippen LogP contribution is 2.42. The largest absolute Gasteiger partial charge is 0.208 e. The topological polar surface area (TPSA) is 187 Å². The Balaban J connectivity index is 0.000000124. The molecule has 0 radical (unpaired) electrons. The van der Waals surface area contributed by atoms with Gasteiger partial charge in [0.15, 0.2) is 52.4 Å². The molecule has 12 nitrogen and oxygen atoms in total. The number of benzene rings is 19. The summed E-state index contributed by atoms with van der Waals surface area (Å²) in [4.78, 5) is 43.8. The third-order valence-electron chi connectivity index (χ3n) is 23.4. The van der Waals surface area contributed by atoms with E-state index in [1.165, 1.54) is 32.7 Å². The van der Waals surface area contributed by atoms with Crippen LogP contribution in [-0.2, 0) is 0 Å². The first-order chi connectivity index (χ1) is 65.3. The highest BCUT2D eigenvalue weighted by molar-refractivity contribution is 6.08. The van der Waals surface area contributed by atoms with Crippen molar-refractivity contribution < 1.29 is 0 Å². The van der Waals surface area contributed by atoms with Gasteiger partial charge in [-0.25, -0.2) is 44.9 Å². The Kier molecular flexibility index (Phi) is 23.4. The minimum Gasteiger partial charge on any atom is -0.208 e. The second kappa shape index (κ2) is 37.7. The monoisotopic (exact) mass is 1680 g/mol. The second-order valence-electron chi connectivity index (χ2n) is 31.6. The summed E-state index contributed by atoms with van der Waals surface area (Å²) in [5.41, 5.74) is 26.2. The average molecular weight is 1690 g/mol. The van der Waals surface area contributed by atoms with Crippen molar-refractivity contribution >= 4 is 32.3 Å². The number of rotatable bonds is 16. The summed E-state index contributed by atoms with van der Waals surface area (Å²) in [6.07, 6.45) is 0. The third kappa shape index (κ3) is 17.7. The minimum absolute atomic E-state index is 0.628. The number of nitriles is 3. The molecule has 22 aromatic rings. The maximum Gasteiger partial charge on any atom is 0.164 e. The van der Waals surface area contributed by atoms with Crippen molar-refractivity contribution in [1.82, 2.24) is 44.9 Å². The summed E-state index contributed by atoms with van der Waals surface area (Å²) >= 11 is 0. The summed E-state index contributed by atoms with van der Waals surface area (Å²) < 4.78 is 0. The SMILES string of the molecule is N#Cc1ccc(-c2ccc(-c3ccc(-c4ccc(-c5nc(-c6ccccc6)nc(-c6ccccc6)n5)cc4)c4ccccc34)cc2)cc1.N#Cc1ccc(-c2ccc(-c3ccc(-c4nc(-c5ccccc5)nc(-c5ccccc5)n4)cc3)c3ccccc23)cc1.N#Cc1ccc(-c2ccc(-c3cccc(-c4nc(-c5ccccc5)nc(-c5ccccc5)n4)c3)c3ccccc23)cc1. The summed E-state index contributed by atoms with van der Waals surface area (Å²) in [5.74, 6) is 5.77. The second-order valence-corrected chi connectivity index (χ2v) is 31.6. The van der Waals surface area contributed by atoms with Crippen LogP contribution in [0, 0.1) is 34.0 Å². The highest BCUT2D eigenvalue weighted by Gasteiger charge is 2.21. The molecule has 0 aliphatic rings. The van der Waals surface area contributed by atoms with Crippen LogP contribution in [0.2, 0.25) is 0 Å². The number of fused-ring (bicyclic) bond motifs is 3. The predicted octanol–water partition coefficient (Wildman–Crippen LogP) is 29.4. The molecule has 12 heteroatoms. The summed E-state index contributed by atoms with van der Waals surface area (Å²) in [5, 5.41) is 34.6. The van der Waals surface area contributed by atoms with Crippen LogP contribution in [0.15, 0.2) is 461 Å². The lowest BCUT2D eigenvalue weighted by molar-refractivity contribution is 1.07. The van der Waals surface area contributed by atoms with Crippen molar-refractivity contribution in [2.75, 3.05) is 0 Å². The fourth-order valence-electron chi connectivity index (χ4n) is 16.7. The number of aromatic nitrogens is 9. The van der Waals surface area contributed by atoms with Gasteiger partial charge in [-0.15, -0.1) is 0 Å². The van der Waals surface area contributed by atoms with Crippen LogP contribution >= 0.6 is 0 Å². The zero-order valence-corrected chi connectivity index (χ0v) is 71.2. The first-order valence-corrected chi connectivity index (χ1v) is 43.4. The Labute approximate surface area is 764 Å². The lowest BCUT2D eigenvalue weighted by atomic mass is 9.91. The molecule has 22 rings (SSSR count). The molecule has 0 saturated carbocycles. The van der Waals surface area contributed by atoms with Gasteiger partial charge in [0, 0.05) is 50.1 Å². The van der Waals surface area contributed by atoms with Crippen LogP contribution < -0.4 is 0 Å². The van der Waals surface area contributed by atoms with Gasteiger partial charge in [0.05, 0.1) is 34.9 Å². The standard InChI is InChI=1S/C44H28N4.2C38H24N4/c45-29-30-15-17-31(18-16-30)32-19-21-33(22-20-32)38-27-28-39(41-14-8-7-13-40(38)41)34-23-25-37(26-24-34)44-47-42(35-9-3-1-4-10-35)46-43(48-44)36-11-5-2-6-12-36;39-25-26-18-20-27(21-19-26)32-22-23-33(35-17-8-7-16-34(32)35)30-14-9-15-31(24-30)38-41-36(28-10-3-1-4-11-28)40-37(42-38)29-12-5-2-6-13-29;39-25-26-15-17-27(18-16-26)32-23-24-33(35-14-8-7-13-34(32)35)28-19-21-31(22-20-28)38-41-36(29-9-3-1-4-10-29)40-37(42-38)30-11-5-2-6-12-30/h1-28H;2*1-24H. The molecule has 19 aromatic carbocycles. The highest BCUT2D eigenvalue weighted by atomic mass is 15.1. The number of hydrogen-bond acceptors (Lipinski definition) is 12. The molecule has 3 aromatic heterocycles. The molecule has 0 amide bonds. The van der Waals surface area contributed by atoms with E-state index in [9.17, 15) is 10.5 Å². The van der Waals surface area contributed by atoms with Crippen molar-refractivity contribution in [2.45, 2.75) is 0 Å². The Bertz CT molecular complexity index is 7900. The van der Waals surface area contributed by atoms with Gasteiger partial charge in [-0.3, -0.25) is 0 Å². The zero-order valence-electron chi connectivity index (χ0n) is 71.2. The maximum absolute atomic E-state index is 9.22. The van der Waals surface area contributed by atoms with E-state index in [0.717, 1.165) is 128 Å². The third-order valence-corrected chi connectivity index (χ3v) is 23.4. The molecule has 0 unspecified atom stereocenters. The smallest absolute Gasteiger partial charge is 0.164 e. The van der Waals surface area contributed by atoms with Crippen molar-refractivity contribution in [3.63, 3.8) is 0 Å². The van der Waals surface area contributed by atoms with E-state index < -0.39 is 0 Å². The zero-order chi connectivity index (χ0) is 88.9. The molecule has 132 heavy (non-hydrogen) atoms. The van der Waals surface area contributed by atoms with E-state index >= 15 is 0 Å². The van der Waals surface area contributed by atoms with Crippen LogP contribution in [0.5, 0.6) is 0 Å². The maximum atomic E-state index is 9.22. The van der Waals surface area contributed by atoms with Gasteiger partial charge < -0.3 is 0 Å². The predicted molar refractivity (Wildman–Crippen MR) is 533 cm³/mol. The van der Waals surface area contributed by atoms with Crippen LogP contribution in [-0.4, -0.2) is 44.9 Å². The van der Waals surface area contributed by atoms with Crippen LogP contribution in [0.1, 0.15) is 16.7 Å². The van der Waals surface area contributed by atoms with E-state index in [0.29, 0.717) is 69.1 Å². The quantitative estimate of drug-likeness (QED) is 0.0892. The van der Waals surface area contributed by atoms with Gasteiger partial charge in [-0.2, -0.15) is 15.8 Å². The van der Waals surface area contributed by atoms with E-state index in [1.54, 1.807) is 0 Å². The Morgan fingerprint density at radius 1 is 0.121 bits per heavy atom. The average Bonchev–Trinajstić information content (AvgIpc) is 0.776. The first-order valence-electron chi connectivity index (χ1n) is 43.4. The first kappa shape index (κ1) is 81.8. The van der Waals surface area contributed by atoms with E-state index in [-0.39, 0.29) is 0 Å². The Morgan fingerprint density at radius 3 is 0.492 bits per heavy atom. The Morgan fingerprint density at radius 2 is 0.273 bits per heavy atom. The van der Waals surface area contributed by atoms with Crippen molar-refractivity contribution in [3.8, 4) is 199 Å². The molecule has 0 atom stereocenters. The molecule has 0 aliphatic heterocycles. The fraction of sp³-hybridized carbons (Fsp3) is 0. The molecule has 0 aliphatic carbocycles. The lowest BCUT2D eigenvalue weighted by Crippen LogP contribution is -2.00. The van der Waals surface area contributed by atoms with Gasteiger partial charge in [-0.1, -0.05) is 419 Å². The molecule has 0 N–H and O–H groups in total. The summed E-state index contributed by atoms with van der Waals surface area (Å²) in [6, 6.07) is 162. The van der Waals surface area contributed by atoms with Gasteiger partial charge in [0.1, 0.15) is 0 Å². The molecule has 0 spiro atoms. The molecular formula is C120H76N12. The van der Waals surface area contributed by atoms with Crippen LogP contribution in [0.4, 0.5) is 0 Å². The van der Waals surface area contributed by atoms with Crippen molar-refractivity contribution in [2.24, 2.45) is 0 Å². The van der Waals surface area contributed by atoms with Gasteiger partial charge in [0.25, 0.3) is 0 Å². The molecule has 616 valence electrons.